The van der Waals surface area contributed by atoms with Gasteiger partial charge >= 0.3 is 0 Å². The molecule has 2 N–H and O–H groups in total. The molecule has 2 aromatic heterocycles. The first kappa shape index (κ1) is 42.3. The van der Waals surface area contributed by atoms with Crippen molar-refractivity contribution < 1.29 is 64.6 Å². The van der Waals surface area contributed by atoms with E-state index in [1.54, 1.807) is 36.4 Å². The van der Waals surface area contributed by atoms with Crippen LogP contribution in [0.25, 0.3) is 0 Å². The molecule has 6 heterocycles. The maximum absolute atomic E-state index is 13.2. The van der Waals surface area contributed by atoms with Crippen molar-refractivity contribution in [2.75, 3.05) is 61.1 Å². The molecule has 0 fully saturated rings. The Kier molecular flexibility index (Phi) is 11.5. The molecule has 4 aromatic rings. The summed E-state index contributed by atoms with van der Waals surface area (Å²) >= 11 is 2.15. The molecule has 60 heavy (non-hydrogen) atoms. The van der Waals surface area contributed by atoms with Crippen LogP contribution in [0.5, 0.6) is 23.0 Å². The predicted molar refractivity (Wildman–Crippen MR) is 218 cm³/mol. The molecular weight excluding hydrogens is 865 g/mol. The number of ether oxygens (including phenoxy) is 4. The number of carbonyl (C=O) groups excluding carboxylic acids is 6. The van der Waals surface area contributed by atoms with Gasteiger partial charge < -0.3 is 29.6 Å². The molecule has 0 bridgehead atoms. The Balaban J connectivity index is 0.000000181. The van der Waals surface area contributed by atoms with E-state index in [0.717, 1.165) is 45.0 Å². The maximum Gasteiger partial charge on any atom is 0.265 e. The third-order valence-corrected chi connectivity index (χ3v) is 13.0. The van der Waals surface area contributed by atoms with Gasteiger partial charge in [0.15, 0.2) is 23.0 Å². The summed E-state index contributed by atoms with van der Waals surface area (Å²) in [6.07, 6.45) is 2.09. The quantitative estimate of drug-likeness (QED) is 0.216. The summed E-state index contributed by atoms with van der Waals surface area (Å²) in [4.78, 5) is 77.2. The number of imide groups is 2. The average Bonchev–Trinajstić information content (AvgIpc) is 3.91. The van der Waals surface area contributed by atoms with Crippen LogP contribution in [-0.2, 0) is 29.3 Å². The molecule has 18 nitrogen and oxygen atoms in total. The van der Waals surface area contributed by atoms with Crippen molar-refractivity contribution in [1.82, 2.24) is 9.80 Å². The smallest absolute Gasteiger partial charge is 0.265 e. The lowest BCUT2D eigenvalue weighted by atomic mass is 10.1. The summed E-state index contributed by atoms with van der Waals surface area (Å²) < 4.78 is 70.6. The predicted octanol–water partition coefficient (Wildman–Crippen LogP) is 3.72. The molecule has 8 rings (SSSR count). The van der Waals surface area contributed by atoms with Crippen LogP contribution in [0.4, 0.5) is 10.0 Å². The number of hydrogen-bond donors (Lipinski definition) is 2. The van der Waals surface area contributed by atoms with Crippen molar-refractivity contribution >= 4 is 87.8 Å². The van der Waals surface area contributed by atoms with Crippen molar-refractivity contribution in [2.24, 2.45) is 0 Å². The first-order valence-corrected chi connectivity index (χ1v) is 23.9. The van der Waals surface area contributed by atoms with Gasteiger partial charge in [-0.15, -0.1) is 22.7 Å². The Morgan fingerprint density at radius 2 is 0.950 bits per heavy atom. The topological polar surface area (TPSA) is 238 Å². The minimum atomic E-state index is -3.56. The Morgan fingerprint density at radius 3 is 1.28 bits per heavy atom. The van der Waals surface area contributed by atoms with Crippen LogP contribution in [0.15, 0.2) is 47.2 Å². The number of thiophene rings is 2. The molecule has 0 spiro atoms. The van der Waals surface area contributed by atoms with Crippen LogP contribution in [0.2, 0.25) is 0 Å². The van der Waals surface area contributed by atoms with Gasteiger partial charge in [-0.1, -0.05) is 12.1 Å². The van der Waals surface area contributed by atoms with Crippen molar-refractivity contribution in [3.05, 3.63) is 80.5 Å². The van der Waals surface area contributed by atoms with Gasteiger partial charge in [0.05, 0.1) is 45.8 Å². The van der Waals surface area contributed by atoms with Crippen LogP contribution < -0.4 is 29.6 Å². The molecule has 4 aliphatic rings. The van der Waals surface area contributed by atoms with Crippen LogP contribution >= 0.6 is 22.7 Å². The summed E-state index contributed by atoms with van der Waals surface area (Å²) in [6, 6.07) is 7.55. The lowest BCUT2D eigenvalue weighted by Gasteiger charge is -2.27. The van der Waals surface area contributed by atoms with Gasteiger partial charge in [-0.05, 0) is 35.4 Å². The highest BCUT2D eigenvalue weighted by atomic mass is 32.2. The Labute approximate surface area is 351 Å². The Hall–Kier alpha value is -5.84. The maximum atomic E-state index is 13.2. The summed E-state index contributed by atoms with van der Waals surface area (Å²) in [5.41, 5.74) is 1.31. The molecule has 0 saturated carbocycles. The monoisotopic (exact) mass is 900 g/mol. The second kappa shape index (κ2) is 16.3. The second-order valence-corrected chi connectivity index (χ2v) is 20.2. The van der Waals surface area contributed by atoms with E-state index in [4.69, 9.17) is 18.9 Å². The molecule has 0 saturated heterocycles. The van der Waals surface area contributed by atoms with Crippen LogP contribution in [0.3, 0.4) is 0 Å². The number of benzene rings is 2. The second-order valence-electron chi connectivity index (χ2n) is 14.1. The molecule has 0 unspecified atom stereocenters. The number of nitrogens with one attached hydrogen (secondary N) is 2. The number of hydrogen-bond acceptors (Lipinski definition) is 16. The molecule has 316 valence electrons. The van der Waals surface area contributed by atoms with Crippen molar-refractivity contribution in [3.63, 3.8) is 0 Å². The number of fused-ring (bicyclic) bond motifs is 4. The van der Waals surface area contributed by atoms with Gasteiger partial charge in [0.2, 0.25) is 11.8 Å². The molecule has 4 aliphatic heterocycles. The van der Waals surface area contributed by atoms with Gasteiger partial charge in [0.25, 0.3) is 23.6 Å². The number of carbonyl (C=O) groups is 6. The first-order valence-electron chi connectivity index (χ1n) is 18.0. The fourth-order valence-electron chi connectivity index (χ4n) is 6.96. The van der Waals surface area contributed by atoms with E-state index in [1.165, 1.54) is 24.6 Å². The fourth-order valence-corrected chi connectivity index (χ4v) is 10.7. The highest BCUT2D eigenvalue weighted by Crippen LogP contribution is 2.43. The van der Waals surface area contributed by atoms with E-state index in [2.05, 4.69) is 10.6 Å². The van der Waals surface area contributed by atoms with Crippen molar-refractivity contribution in [3.8, 4) is 23.0 Å². The van der Waals surface area contributed by atoms with Crippen LogP contribution in [-0.4, -0.2) is 113 Å². The van der Waals surface area contributed by atoms with Crippen LogP contribution in [0, 0.1) is 0 Å². The van der Waals surface area contributed by atoms with Crippen molar-refractivity contribution in [1.29, 1.82) is 0 Å². The van der Waals surface area contributed by atoms with Gasteiger partial charge in [-0.25, -0.2) is 16.8 Å². The zero-order valence-corrected chi connectivity index (χ0v) is 35.5. The molecule has 0 radical (unpaired) electrons. The summed E-state index contributed by atoms with van der Waals surface area (Å²) in [6.45, 7) is 4.07. The van der Waals surface area contributed by atoms with E-state index in [0.29, 0.717) is 60.6 Å². The Bertz CT molecular complexity index is 2520. The summed E-state index contributed by atoms with van der Waals surface area (Å²) in [5, 5.41) is 8.60. The highest BCUT2D eigenvalue weighted by Gasteiger charge is 2.46. The van der Waals surface area contributed by atoms with Crippen LogP contribution in [0.1, 0.15) is 78.5 Å². The van der Waals surface area contributed by atoms with Gasteiger partial charge in [0.1, 0.15) is 56.1 Å². The first-order chi connectivity index (χ1) is 28.3. The standard InChI is InChI=1S/2C19H18N2O7S2/c2*1-10(22)20-17-16-12(8-29-17)18(23)21(19(16)24)13(9-30(2,25)26)11-3-4-14-15(7-11)28-6-5-27-14/h2*3-4,7-8,13H,5-6,9H2,1-2H3,(H,20,22)/t2*13-/m10/s1. The number of amides is 6. The number of nitrogens with zero attached hydrogens (tertiary/aromatic N) is 2. The zero-order chi connectivity index (χ0) is 43.3. The molecule has 6 amide bonds. The largest absolute Gasteiger partial charge is 0.486 e. The van der Waals surface area contributed by atoms with E-state index >= 15 is 0 Å². The summed E-state index contributed by atoms with van der Waals surface area (Å²) in [5.74, 6) is -2.31. The Morgan fingerprint density at radius 1 is 0.600 bits per heavy atom. The van der Waals surface area contributed by atoms with Crippen molar-refractivity contribution in [2.45, 2.75) is 25.9 Å². The lowest BCUT2D eigenvalue weighted by molar-refractivity contribution is -0.115. The number of sulfone groups is 2. The molecule has 2 atom stereocenters. The number of rotatable bonds is 10. The SMILES string of the molecule is CC(=O)Nc1scc2c1C(=O)N([C@@H](CS(C)(=O)=O)c1ccc3c(c1)OCCO3)C2=O.CC(=O)Nc1scc2c1C(=O)N([C@H](CS(C)(=O)=O)c1ccc3c(c1)OCCO3)C2=O. The van der Waals surface area contributed by atoms with Gasteiger partial charge in [-0.3, -0.25) is 38.6 Å². The molecule has 22 heteroatoms. The van der Waals surface area contributed by atoms with Gasteiger partial charge in [-0.2, -0.15) is 0 Å². The molecular formula is C38H36N4O14S4. The normalized spacial score (nSPS) is 16.4. The molecule has 2 aromatic carbocycles. The minimum absolute atomic E-state index is 0.0799. The van der Waals surface area contributed by atoms with E-state index in [9.17, 15) is 45.6 Å². The van der Waals surface area contributed by atoms with E-state index < -0.39 is 66.9 Å². The third kappa shape index (κ3) is 8.58. The third-order valence-electron chi connectivity index (χ3n) is 9.37. The molecule has 0 aliphatic carbocycles. The highest BCUT2D eigenvalue weighted by molar-refractivity contribution is 7.90. The average molecular weight is 901 g/mol. The van der Waals surface area contributed by atoms with E-state index in [-0.39, 0.29) is 44.1 Å². The zero-order valence-electron chi connectivity index (χ0n) is 32.3. The fraction of sp³-hybridized carbons (Fsp3) is 0.316. The summed E-state index contributed by atoms with van der Waals surface area (Å²) in [7, 11) is -7.12. The number of anilines is 2. The van der Waals surface area contributed by atoms with E-state index in [1.807, 2.05) is 0 Å². The lowest BCUT2D eigenvalue weighted by Crippen LogP contribution is -2.38. The minimum Gasteiger partial charge on any atom is -0.486 e. The van der Waals surface area contributed by atoms with Gasteiger partial charge in [0, 0.05) is 37.1 Å².